The molecule has 27 heavy (non-hydrogen) atoms. The second kappa shape index (κ2) is 6.02. The maximum absolute atomic E-state index is 10.7. The van der Waals surface area contributed by atoms with Crippen LogP contribution in [0.2, 0.25) is 0 Å². The van der Waals surface area contributed by atoms with E-state index in [1.54, 1.807) is 6.92 Å². The standard InChI is InChI=1S/C23H31NO3/c1-13-7-6-8-19-22(13,4)10-9-14(2)23(19,5)12-16-20(26)18(25)11-17-21(16)27-15(3)24-17/h11,14,19,25-26H,1,6-10,12H2,2-5H3/t14-,19+,22+,23+/m0/s1. The largest absolute Gasteiger partial charge is 0.504 e. The summed E-state index contributed by atoms with van der Waals surface area (Å²) in [4.78, 5) is 4.37. The quantitative estimate of drug-likeness (QED) is 0.512. The Balaban J connectivity index is 1.84. The molecule has 0 unspecified atom stereocenters. The molecule has 4 atom stereocenters. The molecule has 1 aromatic carbocycles. The van der Waals surface area contributed by atoms with Crippen LogP contribution in [0, 0.1) is 29.6 Å². The van der Waals surface area contributed by atoms with Crippen molar-refractivity contribution >= 4 is 11.1 Å². The number of oxazole rings is 1. The van der Waals surface area contributed by atoms with Gasteiger partial charge in [0, 0.05) is 18.6 Å². The highest BCUT2D eigenvalue weighted by Gasteiger charge is 2.54. The lowest BCUT2D eigenvalue weighted by atomic mass is 9.46. The number of aromatic hydroxyl groups is 2. The van der Waals surface area contributed by atoms with E-state index in [0.717, 1.165) is 12.8 Å². The van der Waals surface area contributed by atoms with Gasteiger partial charge in [-0.3, -0.25) is 0 Å². The third kappa shape index (κ3) is 2.60. The van der Waals surface area contributed by atoms with E-state index in [4.69, 9.17) is 4.42 Å². The number of benzene rings is 1. The second-order valence-electron chi connectivity index (χ2n) is 9.39. The van der Waals surface area contributed by atoms with Crippen molar-refractivity contribution in [3.63, 3.8) is 0 Å². The first-order valence-electron chi connectivity index (χ1n) is 10.2. The van der Waals surface area contributed by atoms with E-state index in [1.807, 2.05) is 0 Å². The summed E-state index contributed by atoms with van der Waals surface area (Å²) in [6.07, 6.45) is 6.52. The van der Waals surface area contributed by atoms with Crippen LogP contribution in [0.25, 0.3) is 11.1 Å². The van der Waals surface area contributed by atoms with Gasteiger partial charge in [0.05, 0.1) is 0 Å². The Morgan fingerprint density at radius 1 is 1.30 bits per heavy atom. The molecule has 4 nitrogen and oxygen atoms in total. The van der Waals surface area contributed by atoms with Gasteiger partial charge in [0.15, 0.2) is 23.0 Å². The van der Waals surface area contributed by atoms with Crippen molar-refractivity contribution in [2.75, 3.05) is 0 Å². The molecular formula is C23H31NO3. The van der Waals surface area contributed by atoms with E-state index in [2.05, 4.69) is 32.3 Å². The van der Waals surface area contributed by atoms with Crippen molar-refractivity contribution in [1.82, 2.24) is 4.98 Å². The van der Waals surface area contributed by atoms with Gasteiger partial charge in [0.1, 0.15) is 5.52 Å². The maximum Gasteiger partial charge on any atom is 0.192 e. The minimum atomic E-state index is -0.117. The average molecular weight is 370 g/mol. The molecule has 2 aromatic rings. The van der Waals surface area contributed by atoms with Crippen LogP contribution in [0.15, 0.2) is 22.6 Å². The van der Waals surface area contributed by atoms with Gasteiger partial charge in [-0.05, 0) is 61.2 Å². The van der Waals surface area contributed by atoms with Gasteiger partial charge in [-0.1, -0.05) is 32.9 Å². The number of aromatic nitrogens is 1. The molecule has 0 spiro atoms. The van der Waals surface area contributed by atoms with E-state index in [1.165, 1.54) is 30.9 Å². The fourth-order valence-corrected chi connectivity index (χ4v) is 6.03. The maximum atomic E-state index is 10.7. The highest BCUT2D eigenvalue weighted by atomic mass is 16.4. The molecule has 0 aliphatic heterocycles. The summed E-state index contributed by atoms with van der Waals surface area (Å²) in [5.41, 5.74) is 3.45. The SMILES string of the molecule is C=C1CCC[C@H]2[C@](C)(Cc3c(O)c(O)cc4nc(C)oc34)[C@@H](C)CC[C@]12C. The molecule has 146 valence electrons. The lowest BCUT2D eigenvalue weighted by Crippen LogP contribution is -2.51. The number of phenols is 2. The molecule has 0 radical (unpaired) electrons. The van der Waals surface area contributed by atoms with Crippen LogP contribution < -0.4 is 0 Å². The Kier molecular flexibility index (Phi) is 4.10. The minimum absolute atomic E-state index is 0.00470. The summed E-state index contributed by atoms with van der Waals surface area (Å²) in [6, 6.07) is 1.49. The first-order valence-corrected chi connectivity index (χ1v) is 10.2. The summed E-state index contributed by atoms with van der Waals surface area (Å²) in [5.74, 6) is 1.40. The highest BCUT2D eigenvalue weighted by molar-refractivity contribution is 5.82. The van der Waals surface area contributed by atoms with Crippen molar-refractivity contribution in [2.45, 2.75) is 66.2 Å². The first-order chi connectivity index (χ1) is 12.7. The normalized spacial score (nSPS) is 34.0. The number of nitrogens with zero attached hydrogens (tertiary/aromatic N) is 1. The van der Waals surface area contributed by atoms with Crippen molar-refractivity contribution in [2.24, 2.45) is 22.7 Å². The summed E-state index contributed by atoms with van der Waals surface area (Å²) >= 11 is 0. The number of hydrogen-bond donors (Lipinski definition) is 2. The monoisotopic (exact) mass is 369 g/mol. The molecular weight excluding hydrogens is 338 g/mol. The van der Waals surface area contributed by atoms with Gasteiger partial charge >= 0.3 is 0 Å². The van der Waals surface area contributed by atoms with Crippen LogP contribution in [-0.2, 0) is 6.42 Å². The summed E-state index contributed by atoms with van der Waals surface area (Å²) in [7, 11) is 0. The summed E-state index contributed by atoms with van der Waals surface area (Å²) in [5, 5.41) is 21.0. The number of aryl methyl sites for hydroxylation is 1. The van der Waals surface area contributed by atoms with Crippen LogP contribution in [0.1, 0.15) is 64.3 Å². The molecule has 4 heteroatoms. The molecule has 4 rings (SSSR count). The summed E-state index contributed by atoms with van der Waals surface area (Å²) in [6.45, 7) is 13.3. The van der Waals surface area contributed by atoms with Crippen molar-refractivity contribution in [3.05, 3.63) is 29.7 Å². The Morgan fingerprint density at radius 2 is 2.04 bits per heavy atom. The molecule has 1 aromatic heterocycles. The van der Waals surface area contributed by atoms with E-state index in [9.17, 15) is 10.2 Å². The topological polar surface area (TPSA) is 66.5 Å². The van der Waals surface area contributed by atoms with E-state index >= 15 is 0 Å². The van der Waals surface area contributed by atoms with Gasteiger partial charge in [0.2, 0.25) is 0 Å². The van der Waals surface area contributed by atoms with E-state index in [0.29, 0.717) is 40.8 Å². The lowest BCUT2D eigenvalue weighted by molar-refractivity contribution is -0.0490. The van der Waals surface area contributed by atoms with Gasteiger partial charge in [0.25, 0.3) is 0 Å². The zero-order valence-corrected chi connectivity index (χ0v) is 16.9. The molecule has 0 bridgehead atoms. The van der Waals surface area contributed by atoms with Crippen LogP contribution >= 0.6 is 0 Å². The van der Waals surface area contributed by atoms with Crippen molar-refractivity contribution in [1.29, 1.82) is 0 Å². The molecule has 2 N–H and O–H groups in total. The zero-order chi connectivity index (χ0) is 19.6. The molecule has 2 aliphatic carbocycles. The molecule has 0 saturated heterocycles. The van der Waals surface area contributed by atoms with Crippen LogP contribution in [-0.4, -0.2) is 15.2 Å². The molecule has 1 heterocycles. The van der Waals surface area contributed by atoms with E-state index < -0.39 is 0 Å². The van der Waals surface area contributed by atoms with Gasteiger partial charge in [-0.15, -0.1) is 0 Å². The number of fused-ring (bicyclic) bond motifs is 2. The van der Waals surface area contributed by atoms with Crippen molar-refractivity contribution in [3.8, 4) is 11.5 Å². The number of hydrogen-bond acceptors (Lipinski definition) is 4. The molecule has 0 amide bonds. The Labute approximate surface area is 161 Å². The first kappa shape index (κ1) is 18.4. The van der Waals surface area contributed by atoms with Crippen LogP contribution in [0.5, 0.6) is 11.5 Å². The Morgan fingerprint density at radius 3 is 2.78 bits per heavy atom. The smallest absolute Gasteiger partial charge is 0.192 e. The average Bonchev–Trinajstić information content (AvgIpc) is 2.98. The Hall–Kier alpha value is -1.97. The third-order valence-electron chi connectivity index (χ3n) is 7.96. The third-order valence-corrected chi connectivity index (χ3v) is 7.96. The van der Waals surface area contributed by atoms with Gasteiger partial charge < -0.3 is 14.6 Å². The zero-order valence-electron chi connectivity index (χ0n) is 16.9. The molecule has 2 saturated carbocycles. The fourth-order valence-electron chi connectivity index (χ4n) is 6.03. The number of rotatable bonds is 2. The summed E-state index contributed by atoms with van der Waals surface area (Å²) < 4.78 is 5.84. The lowest BCUT2D eigenvalue weighted by Gasteiger charge is -2.58. The van der Waals surface area contributed by atoms with Crippen molar-refractivity contribution < 1.29 is 14.6 Å². The van der Waals surface area contributed by atoms with E-state index in [-0.39, 0.29) is 22.3 Å². The molecule has 2 fully saturated rings. The minimum Gasteiger partial charge on any atom is -0.504 e. The Bertz CT molecular complexity index is 914. The predicted octanol–water partition coefficient (Wildman–Crippen LogP) is 5.89. The van der Waals surface area contributed by atoms with Gasteiger partial charge in [-0.25, -0.2) is 4.98 Å². The highest BCUT2D eigenvalue weighted by Crippen LogP contribution is 2.62. The second-order valence-corrected chi connectivity index (χ2v) is 9.39. The van der Waals surface area contributed by atoms with Crippen LogP contribution in [0.4, 0.5) is 0 Å². The fraction of sp³-hybridized carbons (Fsp3) is 0.609. The number of allylic oxidation sites excluding steroid dienone is 1. The van der Waals surface area contributed by atoms with Gasteiger partial charge in [-0.2, -0.15) is 0 Å². The predicted molar refractivity (Wildman–Crippen MR) is 107 cm³/mol. The van der Waals surface area contributed by atoms with Crippen LogP contribution in [0.3, 0.4) is 0 Å². The molecule has 2 aliphatic rings. The number of phenolic OH excluding ortho intramolecular Hbond substituents is 2.